The zero-order chi connectivity index (χ0) is 20.7. The van der Waals surface area contributed by atoms with E-state index in [0.29, 0.717) is 5.41 Å². The molecule has 0 heterocycles. The Morgan fingerprint density at radius 1 is 0.607 bits per heavy atom. The lowest BCUT2D eigenvalue weighted by Gasteiger charge is -2.34. The van der Waals surface area contributed by atoms with E-state index in [9.17, 15) is 0 Å². The summed E-state index contributed by atoms with van der Waals surface area (Å²) in [7, 11) is -0.307. The van der Waals surface area contributed by atoms with E-state index in [0.717, 1.165) is 0 Å². The van der Waals surface area contributed by atoms with Crippen molar-refractivity contribution in [1.29, 1.82) is 0 Å². The minimum absolute atomic E-state index is 0.307. The van der Waals surface area contributed by atoms with Gasteiger partial charge < -0.3 is 0 Å². The van der Waals surface area contributed by atoms with E-state index in [4.69, 9.17) is 0 Å². The Bertz CT molecular complexity index is 661. The highest BCUT2D eigenvalue weighted by Gasteiger charge is 2.28. The molecule has 154 valence electrons. The summed E-state index contributed by atoms with van der Waals surface area (Å²) in [5.41, 5.74) is 6.12. The summed E-state index contributed by atoms with van der Waals surface area (Å²) < 4.78 is 0. The highest BCUT2D eigenvalue weighted by molar-refractivity contribution is 7.73. The van der Waals surface area contributed by atoms with E-state index in [2.05, 4.69) is 84.9 Å². The molecule has 0 fully saturated rings. The third kappa shape index (κ3) is 6.18. The fraction of sp³-hybridized carbons (Fsp3) is 0.556. The van der Waals surface area contributed by atoms with Gasteiger partial charge in [0.25, 0.3) is 0 Å². The SMILES string of the molecule is CCCC(CC)(CCC)CCP(c1cc(C)cc(C)c1)c1cc(C)cc(C)c1. The largest absolute Gasteiger partial charge is 0.0654 e. The first-order valence-electron chi connectivity index (χ1n) is 11.3. The van der Waals surface area contributed by atoms with E-state index in [-0.39, 0.29) is 7.92 Å². The molecule has 2 rings (SSSR count). The summed E-state index contributed by atoms with van der Waals surface area (Å²) >= 11 is 0. The maximum absolute atomic E-state index is 2.45. The van der Waals surface area contributed by atoms with Gasteiger partial charge in [0.1, 0.15) is 0 Å². The molecule has 0 bridgehead atoms. The lowest BCUT2D eigenvalue weighted by atomic mass is 9.75. The number of hydrogen-bond acceptors (Lipinski definition) is 0. The predicted molar refractivity (Wildman–Crippen MR) is 130 cm³/mol. The van der Waals surface area contributed by atoms with Crippen molar-refractivity contribution in [2.75, 3.05) is 6.16 Å². The molecule has 1 heteroatoms. The molecule has 0 saturated carbocycles. The molecule has 0 unspecified atom stereocenters. The topological polar surface area (TPSA) is 0 Å². The van der Waals surface area contributed by atoms with Gasteiger partial charge in [-0.1, -0.05) is 98.7 Å². The van der Waals surface area contributed by atoms with Crippen LogP contribution in [0.2, 0.25) is 0 Å². The second kappa shape index (κ2) is 10.6. The Kier molecular flexibility index (Phi) is 8.76. The quantitative estimate of drug-likeness (QED) is 0.360. The highest BCUT2D eigenvalue weighted by Crippen LogP contribution is 2.44. The molecule has 0 atom stereocenters. The molecule has 0 aliphatic carbocycles. The predicted octanol–water partition coefficient (Wildman–Crippen LogP) is 7.74. The van der Waals surface area contributed by atoms with Crippen molar-refractivity contribution in [3.63, 3.8) is 0 Å². The molecule has 0 radical (unpaired) electrons. The van der Waals surface area contributed by atoms with Crippen LogP contribution in [0.15, 0.2) is 36.4 Å². The lowest BCUT2D eigenvalue weighted by molar-refractivity contribution is 0.215. The van der Waals surface area contributed by atoms with Crippen molar-refractivity contribution in [3.05, 3.63) is 58.7 Å². The normalized spacial score (nSPS) is 12.0. The summed E-state index contributed by atoms with van der Waals surface area (Å²) in [6.07, 6.45) is 9.35. The molecule has 2 aromatic rings. The standard InChI is InChI=1S/C27H41P/c1-8-11-27(10-3,12-9-2)13-14-28(25-17-21(4)15-22(5)18-25)26-19-23(6)16-24(7)20-26/h15-20H,8-14H2,1-7H3. The van der Waals surface area contributed by atoms with Crippen LogP contribution in [0.5, 0.6) is 0 Å². The summed E-state index contributed by atoms with van der Waals surface area (Å²) in [5, 5.41) is 3.13. The van der Waals surface area contributed by atoms with Crippen LogP contribution in [0.3, 0.4) is 0 Å². The Hall–Kier alpha value is -1.13. The molecule has 0 aliphatic heterocycles. The van der Waals surface area contributed by atoms with Gasteiger partial charge >= 0.3 is 0 Å². The van der Waals surface area contributed by atoms with Crippen LogP contribution in [-0.2, 0) is 0 Å². The van der Waals surface area contributed by atoms with Gasteiger partial charge in [-0.3, -0.25) is 0 Å². The van der Waals surface area contributed by atoms with Crippen LogP contribution < -0.4 is 10.6 Å². The van der Waals surface area contributed by atoms with E-state index in [1.54, 1.807) is 10.6 Å². The Morgan fingerprint density at radius 3 is 1.32 bits per heavy atom. The Balaban J connectivity index is 2.43. The molecule has 28 heavy (non-hydrogen) atoms. The van der Waals surface area contributed by atoms with Crippen molar-refractivity contribution < 1.29 is 0 Å². The molecule has 0 aliphatic rings. The number of aryl methyl sites for hydroxylation is 4. The molecule has 0 aromatic heterocycles. The number of benzene rings is 2. The number of hydrogen-bond donors (Lipinski definition) is 0. The highest BCUT2D eigenvalue weighted by atomic mass is 31.1. The van der Waals surface area contributed by atoms with Gasteiger partial charge in [0.2, 0.25) is 0 Å². The van der Waals surface area contributed by atoms with Gasteiger partial charge in [0.15, 0.2) is 0 Å². The van der Waals surface area contributed by atoms with Gasteiger partial charge in [-0.2, -0.15) is 0 Å². The Morgan fingerprint density at radius 2 is 1.00 bits per heavy atom. The fourth-order valence-corrected chi connectivity index (χ4v) is 7.89. The first-order chi connectivity index (χ1) is 13.3. The summed E-state index contributed by atoms with van der Waals surface area (Å²) in [5.74, 6) is 0. The first-order valence-corrected chi connectivity index (χ1v) is 12.8. The van der Waals surface area contributed by atoms with E-state index < -0.39 is 0 Å². The van der Waals surface area contributed by atoms with Gasteiger partial charge in [-0.15, -0.1) is 0 Å². The smallest absolute Gasteiger partial charge is 0.0190 e. The number of rotatable bonds is 10. The zero-order valence-corrected chi connectivity index (χ0v) is 20.3. The monoisotopic (exact) mass is 396 g/mol. The fourth-order valence-electron chi connectivity index (χ4n) is 4.94. The summed E-state index contributed by atoms with van der Waals surface area (Å²) in [6.45, 7) is 16.1. The molecule has 0 saturated heterocycles. The van der Waals surface area contributed by atoms with Gasteiger partial charge in [-0.25, -0.2) is 0 Å². The summed E-state index contributed by atoms with van der Waals surface area (Å²) in [4.78, 5) is 0. The second-order valence-electron chi connectivity index (χ2n) is 8.95. The third-order valence-corrected chi connectivity index (χ3v) is 8.65. The van der Waals surface area contributed by atoms with Gasteiger partial charge in [0.05, 0.1) is 0 Å². The van der Waals surface area contributed by atoms with E-state index >= 15 is 0 Å². The maximum Gasteiger partial charge on any atom is -0.0190 e. The molecule has 0 spiro atoms. The van der Waals surface area contributed by atoms with Crippen LogP contribution in [0, 0.1) is 33.1 Å². The lowest BCUT2D eigenvalue weighted by Crippen LogP contribution is -2.24. The molecule has 0 nitrogen and oxygen atoms in total. The van der Waals surface area contributed by atoms with Crippen molar-refractivity contribution in [2.24, 2.45) is 5.41 Å². The molecule has 0 amide bonds. The van der Waals surface area contributed by atoms with Crippen molar-refractivity contribution >= 4 is 18.5 Å². The first kappa shape index (κ1) is 23.2. The van der Waals surface area contributed by atoms with Crippen LogP contribution in [0.4, 0.5) is 0 Å². The average molecular weight is 397 g/mol. The van der Waals surface area contributed by atoms with Crippen LogP contribution >= 0.6 is 7.92 Å². The molecular weight excluding hydrogens is 355 g/mol. The van der Waals surface area contributed by atoms with E-state index in [1.165, 1.54) is 66.9 Å². The van der Waals surface area contributed by atoms with Gasteiger partial charge in [0, 0.05) is 0 Å². The van der Waals surface area contributed by atoms with Gasteiger partial charge in [-0.05, 0) is 77.1 Å². The van der Waals surface area contributed by atoms with Crippen molar-refractivity contribution in [3.8, 4) is 0 Å². The van der Waals surface area contributed by atoms with Crippen LogP contribution in [0.25, 0.3) is 0 Å². The van der Waals surface area contributed by atoms with Crippen LogP contribution in [0.1, 0.15) is 81.5 Å². The second-order valence-corrected chi connectivity index (χ2v) is 11.3. The molecule has 2 aromatic carbocycles. The maximum atomic E-state index is 2.45. The summed E-state index contributed by atoms with van der Waals surface area (Å²) in [6, 6.07) is 14.4. The average Bonchev–Trinajstić information content (AvgIpc) is 2.60. The Labute approximate surface area is 175 Å². The minimum atomic E-state index is -0.307. The minimum Gasteiger partial charge on any atom is -0.0654 e. The van der Waals surface area contributed by atoms with Crippen LogP contribution in [-0.4, -0.2) is 6.16 Å². The van der Waals surface area contributed by atoms with Crippen molar-refractivity contribution in [2.45, 2.75) is 87.0 Å². The van der Waals surface area contributed by atoms with E-state index in [1.807, 2.05) is 0 Å². The third-order valence-electron chi connectivity index (χ3n) is 6.21. The molecular formula is C27H41P. The zero-order valence-electron chi connectivity index (χ0n) is 19.4. The van der Waals surface area contributed by atoms with Crippen molar-refractivity contribution in [1.82, 2.24) is 0 Å². The molecule has 0 N–H and O–H groups in total.